The highest BCUT2D eigenvalue weighted by Crippen LogP contribution is 2.23. The molecule has 1 N–H and O–H groups in total. The maximum Gasteiger partial charge on any atom is 0.251 e. The minimum atomic E-state index is -0.428. The van der Waals surface area contributed by atoms with E-state index in [9.17, 15) is 18.8 Å². The van der Waals surface area contributed by atoms with Gasteiger partial charge in [-0.1, -0.05) is 12.1 Å². The minimum absolute atomic E-state index is 0.131. The lowest BCUT2D eigenvalue weighted by molar-refractivity contribution is -0.121. The largest absolute Gasteiger partial charge is 0.348 e. The molecule has 7 nitrogen and oxygen atoms in total. The van der Waals surface area contributed by atoms with Crippen LogP contribution in [0.25, 0.3) is 5.69 Å². The molecule has 2 aromatic carbocycles. The van der Waals surface area contributed by atoms with Gasteiger partial charge in [-0.3, -0.25) is 19.3 Å². The normalized spacial score (nSPS) is 13.8. The SMILES string of the molecule is O=C(NCc1ccc(-n2ccnc2)c(F)c1)c1cccc(N2C(=O)CCC2=O)c1. The van der Waals surface area contributed by atoms with Crippen LogP contribution in [-0.2, 0) is 16.1 Å². The Hall–Kier alpha value is -3.81. The van der Waals surface area contributed by atoms with Crippen molar-refractivity contribution in [2.45, 2.75) is 19.4 Å². The molecule has 3 amide bonds. The van der Waals surface area contributed by atoms with Crippen LogP contribution in [0.1, 0.15) is 28.8 Å². The summed E-state index contributed by atoms with van der Waals surface area (Å²) in [7, 11) is 0. The molecule has 0 bridgehead atoms. The first-order chi connectivity index (χ1) is 14.0. The lowest BCUT2D eigenvalue weighted by Crippen LogP contribution is -2.29. The number of hydrogen-bond acceptors (Lipinski definition) is 4. The van der Waals surface area contributed by atoms with E-state index in [1.54, 1.807) is 47.3 Å². The highest BCUT2D eigenvalue weighted by molar-refractivity contribution is 6.20. The number of halogens is 1. The molecule has 4 rings (SSSR count). The minimum Gasteiger partial charge on any atom is -0.348 e. The van der Waals surface area contributed by atoms with Gasteiger partial charge in [0.2, 0.25) is 11.8 Å². The number of aromatic nitrogens is 2. The van der Waals surface area contributed by atoms with Crippen LogP contribution >= 0.6 is 0 Å². The van der Waals surface area contributed by atoms with Crippen LogP contribution in [0.4, 0.5) is 10.1 Å². The summed E-state index contributed by atoms with van der Waals surface area (Å²) >= 11 is 0. The van der Waals surface area contributed by atoms with Gasteiger partial charge in [0.1, 0.15) is 5.82 Å². The van der Waals surface area contributed by atoms with E-state index in [0.29, 0.717) is 22.5 Å². The number of nitrogens with one attached hydrogen (secondary N) is 1. The number of nitrogens with zero attached hydrogens (tertiary/aromatic N) is 3. The van der Waals surface area contributed by atoms with Gasteiger partial charge < -0.3 is 9.88 Å². The van der Waals surface area contributed by atoms with E-state index in [1.807, 2.05) is 0 Å². The highest BCUT2D eigenvalue weighted by atomic mass is 19.1. The fourth-order valence-electron chi connectivity index (χ4n) is 3.21. The summed E-state index contributed by atoms with van der Waals surface area (Å²) in [5, 5.41) is 2.72. The van der Waals surface area contributed by atoms with Gasteiger partial charge in [0.25, 0.3) is 5.91 Å². The Kier molecular flexibility index (Phi) is 4.90. The Balaban J connectivity index is 1.45. The first-order valence-electron chi connectivity index (χ1n) is 9.04. The van der Waals surface area contributed by atoms with Crippen molar-refractivity contribution >= 4 is 23.4 Å². The molecule has 1 saturated heterocycles. The number of hydrogen-bond donors (Lipinski definition) is 1. The molecule has 0 unspecified atom stereocenters. The molecular weight excluding hydrogens is 375 g/mol. The molecule has 1 aliphatic rings. The second-order valence-electron chi connectivity index (χ2n) is 6.61. The molecule has 1 fully saturated rings. The Morgan fingerprint density at radius 3 is 2.59 bits per heavy atom. The number of anilines is 1. The smallest absolute Gasteiger partial charge is 0.251 e. The van der Waals surface area contributed by atoms with Gasteiger partial charge in [0.15, 0.2) is 0 Å². The monoisotopic (exact) mass is 392 g/mol. The maximum atomic E-state index is 14.3. The third kappa shape index (κ3) is 3.77. The zero-order valence-corrected chi connectivity index (χ0v) is 15.3. The Morgan fingerprint density at radius 2 is 1.90 bits per heavy atom. The van der Waals surface area contributed by atoms with Gasteiger partial charge in [0, 0.05) is 37.3 Å². The summed E-state index contributed by atoms with van der Waals surface area (Å²) in [6, 6.07) is 11.0. The first-order valence-corrected chi connectivity index (χ1v) is 9.04. The van der Waals surface area contributed by atoms with Crippen molar-refractivity contribution in [1.29, 1.82) is 0 Å². The summed E-state index contributed by atoms with van der Waals surface area (Å²) < 4.78 is 15.9. The van der Waals surface area contributed by atoms with Gasteiger partial charge in [-0.2, -0.15) is 0 Å². The molecule has 29 heavy (non-hydrogen) atoms. The van der Waals surface area contributed by atoms with E-state index in [2.05, 4.69) is 10.3 Å². The van der Waals surface area contributed by atoms with Gasteiger partial charge in [0.05, 0.1) is 17.7 Å². The molecule has 1 aliphatic heterocycles. The van der Waals surface area contributed by atoms with Crippen LogP contribution in [0.3, 0.4) is 0 Å². The second kappa shape index (κ2) is 7.67. The summed E-state index contributed by atoms with van der Waals surface area (Å²) in [6.07, 6.45) is 5.06. The average Bonchev–Trinajstić information content (AvgIpc) is 3.36. The lowest BCUT2D eigenvalue weighted by atomic mass is 10.1. The van der Waals surface area contributed by atoms with E-state index in [4.69, 9.17) is 0 Å². The third-order valence-corrected chi connectivity index (χ3v) is 4.67. The number of carbonyl (C=O) groups is 3. The van der Waals surface area contributed by atoms with E-state index in [0.717, 1.165) is 4.90 Å². The van der Waals surface area contributed by atoms with Crippen molar-refractivity contribution in [3.05, 3.63) is 78.1 Å². The van der Waals surface area contributed by atoms with Crippen LogP contribution in [0.15, 0.2) is 61.2 Å². The molecule has 1 aromatic heterocycles. The van der Waals surface area contributed by atoms with E-state index < -0.39 is 5.82 Å². The number of benzene rings is 2. The molecule has 0 spiro atoms. The van der Waals surface area contributed by atoms with E-state index in [-0.39, 0.29) is 37.1 Å². The van der Waals surface area contributed by atoms with E-state index >= 15 is 0 Å². The fourth-order valence-corrected chi connectivity index (χ4v) is 3.21. The van der Waals surface area contributed by atoms with Crippen molar-refractivity contribution in [2.75, 3.05) is 4.90 Å². The molecule has 0 radical (unpaired) electrons. The van der Waals surface area contributed by atoms with Crippen LogP contribution in [0.5, 0.6) is 0 Å². The topological polar surface area (TPSA) is 84.3 Å². The summed E-state index contributed by atoms with van der Waals surface area (Å²) in [4.78, 5) is 41.2. The zero-order chi connectivity index (χ0) is 20.4. The lowest BCUT2D eigenvalue weighted by Gasteiger charge is -2.15. The quantitative estimate of drug-likeness (QED) is 0.677. The van der Waals surface area contributed by atoms with Crippen molar-refractivity contribution in [3.63, 3.8) is 0 Å². The van der Waals surface area contributed by atoms with Gasteiger partial charge in [-0.15, -0.1) is 0 Å². The molecule has 146 valence electrons. The molecule has 3 aromatic rings. The molecule has 0 saturated carbocycles. The Labute approximate surface area is 165 Å². The summed E-state index contributed by atoms with van der Waals surface area (Å²) in [5.74, 6) is -1.37. The number of amides is 3. The van der Waals surface area contributed by atoms with Crippen LogP contribution < -0.4 is 10.2 Å². The van der Waals surface area contributed by atoms with Crippen LogP contribution in [0, 0.1) is 5.82 Å². The number of carbonyl (C=O) groups excluding carboxylic acids is 3. The average molecular weight is 392 g/mol. The molecule has 2 heterocycles. The predicted octanol–water partition coefficient (Wildman–Crippen LogP) is 2.59. The first kappa shape index (κ1) is 18.5. The Morgan fingerprint density at radius 1 is 1.10 bits per heavy atom. The van der Waals surface area contributed by atoms with Gasteiger partial charge in [-0.25, -0.2) is 9.37 Å². The molecule has 0 aliphatic carbocycles. The highest BCUT2D eigenvalue weighted by Gasteiger charge is 2.30. The fraction of sp³-hybridized carbons (Fsp3) is 0.143. The van der Waals surface area contributed by atoms with Crippen LogP contribution in [-0.4, -0.2) is 27.3 Å². The molecular formula is C21H17FN4O3. The summed E-state index contributed by atoms with van der Waals surface area (Å²) in [6.45, 7) is 0.131. The predicted molar refractivity (Wildman–Crippen MR) is 103 cm³/mol. The van der Waals surface area contributed by atoms with Crippen LogP contribution in [0.2, 0.25) is 0 Å². The number of imide groups is 1. The van der Waals surface area contributed by atoms with Crippen molar-refractivity contribution in [2.24, 2.45) is 0 Å². The maximum absolute atomic E-state index is 14.3. The molecule has 0 atom stereocenters. The second-order valence-corrected chi connectivity index (χ2v) is 6.61. The van der Waals surface area contributed by atoms with Gasteiger partial charge in [-0.05, 0) is 35.9 Å². The number of rotatable bonds is 5. The molecule has 8 heteroatoms. The van der Waals surface area contributed by atoms with Crippen molar-refractivity contribution < 1.29 is 18.8 Å². The van der Waals surface area contributed by atoms with Gasteiger partial charge >= 0.3 is 0 Å². The van der Waals surface area contributed by atoms with Crippen molar-refractivity contribution in [1.82, 2.24) is 14.9 Å². The van der Waals surface area contributed by atoms with Crippen molar-refractivity contribution in [3.8, 4) is 5.69 Å². The van der Waals surface area contributed by atoms with E-state index in [1.165, 1.54) is 18.5 Å². The number of imidazole rings is 1. The standard InChI is InChI=1S/C21H17FN4O3/c22-17-10-14(4-5-18(17)25-9-8-23-13-25)12-24-21(29)15-2-1-3-16(11-15)26-19(27)6-7-20(26)28/h1-5,8-11,13H,6-7,12H2,(H,24,29). The Bertz CT molecular complexity index is 1080. The third-order valence-electron chi connectivity index (χ3n) is 4.67. The summed E-state index contributed by atoms with van der Waals surface area (Å²) in [5.41, 5.74) is 1.65. The zero-order valence-electron chi connectivity index (χ0n) is 15.3.